The number of nitrogens with zero attached hydrogens (tertiary/aromatic N) is 3. The number of hydrogen-bond acceptors (Lipinski definition) is 10. The van der Waals surface area contributed by atoms with Gasteiger partial charge in [0.05, 0.1) is 49.1 Å². The van der Waals surface area contributed by atoms with Gasteiger partial charge in [-0.2, -0.15) is 0 Å². The average molecular weight is 624 g/mol. The van der Waals surface area contributed by atoms with Crippen LogP contribution in [0.3, 0.4) is 0 Å². The Bertz CT molecular complexity index is 1630. The van der Waals surface area contributed by atoms with Crippen LogP contribution in [-0.4, -0.2) is 78.4 Å². The van der Waals surface area contributed by atoms with E-state index in [1.807, 2.05) is 12.1 Å². The lowest BCUT2D eigenvalue weighted by Crippen LogP contribution is -2.43. The SMILES string of the molecule is CCOC(=O)c1ccc(N2C(=O)C3Sc4c(sc(=O)n4CC(=O)N4CCOCC4)[C@@H](c4ccc(OC)cc4)C3C2=O)cc1. The molecule has 0 aliphatic carbocycles. The third kappa shape index (κ3) is 5.25. The Morgan fingerprint density at radius 1 is 0.977 bits per heavy atom. The maximum absolute atomic E-state index is 14.1. The predicted molar refractivity (Wildman–Crippen MR) is 159 cm³/mol. The number of methoxy groups -OCH3 is 1. The predicted octanol–water partition coefficient (Wildman–Crippen LogP) is 2.75. The number of imide groups is 1. The van der Waals surface area contributed by atoms with Gasteiger partial charge in [-0.25, -0.2) is 9.69 Å². The van der Waals surface area contributed by atoms with Gasteiger partial charge in [-0.3, -0.25) is 23.7 Å². The Morgan fingerprint density at radius 2 is 1.67 bits per heavy atom. The lowest BCUT2D eigenvalue weighted by molar-refractivity contribution is -0.136. The minimum Gasteiger partial charge on any atom is -0.497 e. The standard InChI is InChI=1S/C30H29N3O8S2/c1-3-41-29(37)18-4-8-19(9-5-18)33-26(35)23-22(17-6-10-20(39-2)11-7-17)25-28(42-24(23)27(33)36)32(30(38)43-25)16-21(34)31-12-14-40-15-13-31/h4-11,22-24H,3,12-16H2,1-2H3/t22-,23?,24?/m0/s1. The summed E-state index contributed by atoms with van der Waals surface area (Å²) in [5.41, 5.74) is 1.41. The van der Waals surface area contributed by atoms with Gasteiger partial charge in [-0.05, 0) is 48.9 Å². The summed E-state index contributed by atoms with van der Waals surface area (Å²) in [6.45, 7) is 3.55. The normalized spacial score (nSPS) is 21.4. The number of carbonyl (C=O) groups excluding carboxylic acids is 4. The van der Waals surface area contributed by atoms with Crippen molar-refractivity contribution in [2.75, 3.05) is 44.9 Å². The third-order valence-corrected chi connectivity index (χ3v) is 10.4. The van der Waals surface area contributed by atoms with Crippen molar-refractivity contribution in [2.45, 2.75) is 29.7 Å². The van der Waals surface area contributed by atoms with Gasteiger partial charge in [0.25, 0.3) is 0 Å². The molecule has 13 heteroatoms. The number of amides is 3. The topological polar surface area (TPSA) is 124 Å². The Morgan fingerprint density at radius 3 is 2.33 bits per heavy atom. The van der Waals surface area contributed by atoms with Crippen molar-refractivity contribution in [2.24, 2.45) is 5.92 Å². The fourth-order valence-electron chi connectivity index (χ4n) is 5.69. The van der Waals surface area contributed by atoms with Crippen LogP contribution >= 0.6 is 23.1 Å². The van der Waals surface area contributed by atoms with Crippen molar-refractivity contribution >= 4 is 52.5 Å². The van der Waals surface area contributed by atoms with Crippen LogP contribution in [0.4, 0.5) is 5.69 Å². The largest absolute Gasteiger partial charge is 0.497 e. The first-order valence-corrected chi connectivity index (χ1v) is 15.6. The number of carbonyl (C=O) groups is 4. The van der Waals surface area contributed by atoms with Crippen molar-refractivity contribution < 1.29 is 33.4 Å². The first-order chi connectivity index (χ1) is 20.8. The summed E-state index contributed by atoms with van der Waals surface area (Å²) < 4.78 is 17.2. The minimum absolute atomic E-state index is 0.161. The molecule has 3 atom stereocenters. The van der Waals surface area contributed by atoms with Crippen molar-refractivity contribution in [3.05, 3.63) is 74.2 Å². The number of fused-ring (bicyclic) bond motifs is 2. The molecule has 2 unspecified atom stereocenters. The second-order valence-electron chi connectivity index (χ2n) is 10.2. The van der Waals surface area contributed by atoms with Crippen LogP contribution in [0.15, 0.2) is 58.4 Å². The number of rotatable bonds is 7. The van der Waals surface area contributed by atoms with E-state index < -0.39 is 34.9 Å². The van der Waals surface area contributed by atoms with Crippen LogP contribution in [0, 0.1) is 5.92 Å². The van der Waals surface area contributed by atoms with Gasteiger partial charge in [0, 0.05) is 23.9 Å². The Balaban J connectivity index is 1.39. The Hall–Kier alpha value is -3.94. The summed E-state index contributed by atoms with van der Waals surface area (Å²) >= 11 is 2.17. The highest BCUT2D eigenvalue weighted by molar-refractivity contribution is 8.00. The molecule has 0 N–H and O–H groups in total. The van der Waals surface area contributed by atoms with E-state index in [2.05, 4.69) is 0 Å². The smallest absolute Gasteiger partial charge is 0.338 e. The van der Waals surface area contributed by atoms with E-state index in [4.69, 9.17) is 14.2 Å². The van der Waals surface area contributed by atoms with Crippen molar-refractivity contribution in [1.29, 1.82) is 0 Å². The molecule has 224 valence electrons. The van der Waals surface area contributed by atoms with Gasteiger partial charge >= 0.3 is 10.8 Å². The summed E-state index contributed by atoms with van der Waals surface area (Å²) in [7, 11) is 1.56. The maximum Gasteiger partial charge on any atom is 0.338 e. The molecule has 2 saturated heterocycles. The monoisotopic (exact) mass is 623 g/mol. The summed E-state index contributed by atoms with van der Waals surface area (Å²) in [5.74, 6) is -2.26. The number of aromatic nitrogens is 1. The van der Waals surface area contributed by atoms with E-state index in [1.54, 1.807) is 43.2 Å². The molecule has 4 heterocycles. The molecule has 3 aliphatic rings. The summed E-state index contributed by atoms with van der Waals surface area (Å²) in [6, 6.07) is 13.4. The molecule has 11 nitrogen and oxygen atoms in total. The molecule has 6 rings (SSSR count). The Labute approximate surface area is 255 Å². The molecular formula is C30H29N3O8S2. The van der Waals surface area contributed by atoms with Crippen molar-refractivity contribution in [1.82, 2.24) is 9.47 Å². The number of anilines is 1. The number of morpholine rings is 1. The fourth-order valence-corrected chi connectivity index (χ4v) is 8.46. The number of thiazole rings is 1. The number of ether oxygens (including phenoxy) is 3. The average Bonchev–Trinajstić information content (AvgIpc) is 3.47. The van der Waals surface area contributed by atoms with Gasteiger partial charge in [-0.1, -0.05) is 35.2 Å². The molecule has 0 saturated carbocycles. The van der Waals surface area contributed by atoms with E-state index in [1.165, 1.54) is 16.7 Å². The molecule has 0 spiro atoms. The van der Waals surface area contributed by atoms with Gasteiger partial charge in [0.1, 0.15) is 17.5 Å². The van der Waals surface area contributed by atoms with E-state index in [-0.39, 0.29) is 23.9 Å². The molecule has 0 bridgehead atoms. The van der Waals surface area contributed by atoms with E-state index >= 15 is 0 Å². The number of thioether (sulfide) groups is 1. The number of esters is 1. The van der Waals surface area contributed by atoms with Crippen LogP contribution in [0.2, 0.25) is 0 Å². The Kier molecular flexibility index (Phi) is 8.12. The van der Waals surface area contributed by atoms with Gasteiger partial charge in [0.2, 0.25) is 17.7 Å². The minimum atomic E-state index is -0.824. The molecule has 2 aromatic carbocycles. The second kappa shape index (κ2) is 12.0. The first kappa shape index (κ1) is 29.1. The third-order valence-electron chi connectivity index (χ3n) is 7.82. The van der Waals surface area contributed by atoms with Crippen LogP contribution in [-0.2, 0) is 30.4 Å². The van der Waals surface area contributed by atoms with E-state index in [0.29, 0.717) is 53.2 Å². The fraction of sp³-hybridized carbons (Fsp3) is 0.367. The molecule has 3 aromatic rings. The van der Waals surface area contributed by atoms with Crippen LogP contribution in [0.25, 0.3) is 0 Å². The van der Waals surface area contributed by atoms with Crippen molar-refractivity contribution in [3.63, 3.8) is 0 Å². The quantitative estimate of drug-likeness (QED) is 0.289. The van der Waals surface area contributed by atoms with Crippen LogP contribution in [0.5, 0.6) is 5.75 Å². The van der Waals surface area contributed by atoms with Gasteiger partial charge in [0.15, 0.2) is 0 Å². The zero-order valence-electron chi connectivity index (χ0n) is 23.5. The summed E-state index contributed by atoms with van der Waals surface area (Å²) in [6.07, 6.45) is 0. The maximum atomic E-state index is 14.1. The highest BCUT2D eigenvalue weighted by Gasteiger charge is 2.56. The number of benzene rings is 2. The second-order valence-corrected chi connectivity index (χ2v) is 12.3. The zero-order valence-corrected chi connectivity index (χ0v) is 25.2. The van der Waals surface area contributed by atoms with Crippen LogP contribution in [0.1, 0.15) is 33.6 Å². The van der Waals surface area contributed by atoms with E-state index in [9.17, 15) is 24.0 Å². The lowest BCUT2D eigenvalue weighted by Gasteiger charge is -2.31. The molecule has 3 amide bonds. The lowest BCUT2D eigenvalue weighted by atomic mass is 9.83. The van der Waals surface area contributed by atoms with Crippen molar-refractivity contribution in [3.8, 4) is 5.75 Å². The van der Waals surface area contributed by atoms with Crippen LogP contribution < -0.4 is 14.5 Å². The summed E-state index contributed by atoms with van der Waals surface area (Å²) in [5, 5.41) is -0.296. The summed E-state index contributed by atoms with van der Waals surface area (Å²) in [4.78, 5) is 69.8. The molecule has 2 fully saturated rings. The first-order valence-electron chi connectivity index (χ1n) is 13.9. The molecular weight excluding hydrogens is 594 g/mol. The van der Waals surface area contributed by atoms with Gasteiger partial charge in [-0.15, -0.1) is 0 Å². The molecule has 1 aromatic heterocycles. The molecule has 43 heavy (non-hydrogen) atoms. The molecule has 0 radical (unpaired) electrons. The highest BCUT2D eigenvalue weighted by Crippen LogP contribution is 2.54. The van der Waals surface area contributed by atoms with Gasteiger partial charge < -0.3 is 19.1 Å². The molecule has 3 aliphatic heterocycles. The number of hydrogen-bond donors (Lipinski definition) is 0. The van der Waals surface area contributed by atoms with E-state index in [0.717, 1.165) is 33.6 Å². The zero-order chi connectivity index (χ0) is 30.2. The highest BCUT2D eigenvalue weighted by atomic mass is 32.2.